The van der Waals surface area contributed by atoms with E-state index in [0.717, 1.165) is 11.3 Å². The lowest BCUT2D eigenvalue weighted by atomic mass is 10.3. The molecule has 0 radical (unpaired) electrons. The summed E-state index contributed by atoms with van der Waals surface area (Å²) in [5.74, 6) is -0.297. The SMILES string of the molecule is CC(=O)Nc1nc(C)c(S(=O)(=O)N2CC[C@H](O)C2)s1. The Hall–Kier alpha value is -1.03. The summed E-state index contributed by atoms with van der Waals surface area (Å²) in [6.45, 7) is 3.33. The normalized spacial score (nSPS) is 20.7. The Balaban J connectivity index is 2.30. The number of rotatable bonds is 3. The number of thiazole rings is 1. The second-order valence-corrected chi connectivity index (χ2v) is 7.51. The molecular weight excluding hydrogens is 290 g/mol. The average Bonchev–Trinajstić information content (AvgIpc) is 2.85. The van der Waals surface area contributed by atoms with E-state index in [1.807, 2.05) is 0 Å². The molecule has 1 aliphatic rings. The number of anilines is 1. The Labute approximate surface area is 115 Å². The van der Waals surface area contributed by atoms with Gasteiger partial charge in [0.05, 0.1) is 11.8 Å². The maximum absolute atomic E-state index is 12.4. The van der Waals surface area contributed by atoms with Gasteiger partial charge in [-0.2, -0.15) is 4.31 Å². The Morgan fingerprint density at radius 1 is 1.58 bits per heavy atom. The highest BCUT2D eigenvalue weighted by atomic mass is 32.2. The van der Waals surface area contributed by atoms with Crippen LogP contribution in [0.15, 0.2) is 4.21 Å². The first-order valence-electron chi connectivity index (χ1n) is 5.74. The number of nitrogens with zero attached hydrogens (tertiary/aromatic N) is 2. The lowest BCUT2D eigenvalue weighted by Crippen LogP contribution is -2.29. The topological polar surface area (TPSA) is 99.6 Å². The number of β-amino-alcohol motifs (C(OH)–C–C–N with tert-alkyl or cyclic N) is 1. The highest BCUT2D eigenvalue weighted by Gasteiger charge is 2.34. The third-order valence-corrected chi connectivity index (χ3v) is 6.26. The van der Waals surface area contributed by atoms with Gasteiger partial charge in [0.1, 0.15) is 0 Å². The van der Waals surface area contributed by atoms with E-state index < -0.39 is 16.1 Å². The van der Waals surface area contributed by atoms with Crippen molar-refractivity contribution in [3.63, 3.8) is 0 Å². The predicted molar refractivity (Wildman–Crippen MR) is 70.5 cm³/mol. The van der Waals surface area contributed by atoms with E-state index >= 15 is 0 Å². The van der Waals surface area contributed by atoms with E-state index in [1.165, 1.54) is 11.2 Å². The number of amides is 1. The molecule has 0 bridgehead atoms. The molecule has 0 aromatic carbocycles. The summed E-state index contributed by atoms with van der Waals surface area (Å²) >= 11 is 0.929. The van der Waals surface area contributed by atoms with Gasteiger partial charge in [-0.05, 0) is 13.3 Å². The molecular formula is C10H15N3O4S2. The van der Waals surface area contributed by atoms with Crippen molar-refractivity contribution in [2.45, 2.75) is 30.6 Å². The van der Waals surface area contributed by atoms with Crippen molar-refractivity contribution < 1.29 is 18.3 Å². The van der Waals surface area contributed by atoms with Crippen LogP contribution in [-0.2, 0) is 14.8 Å². The molecule has 1 aliphatic heterocycles. The van der Waals surface area contributed by atoms with Gasteiger partial charge < -0.3 is 10.4 Å². The van der Waals surface area contributed by atoms with Gasteiger partial charge in [-0.25, -0.2) is 13.4 Å². The molecule has 1 aromatic heterocycles. The maximum atomic E-state index is 12.4. The molecule has 1 amide bonds. The van der Waals surface area contributed by atoms with E-state index in [9.17, 15) is 18.3 Å². The van der Waals surface area contributed by atoms with Crippen LogP contribution in [0.5, 0.6) is 0 Å². The summed E-state index contributed by atoms with van der Waals surface area (Å²) in [7, 11) is -3.64. The van der Waals surface area contributed by atoms with Crippen LogP contribution in [0.3, 0.4) is 0 Å². The van der Waals surface area contributed by atoms with Crippen molar-refractivity contribution in [1.82, 2.24) is 9.29 Å². The molecule has 2 rings (SSSR count). The number of nitrogens with one attached hydrogen (secondary N) is 1. The average molecular weight is 305 g/mol. The number of hydrogen-bond acceptors (Lipinski definition) is 6. The molecule has 1 saturated heterocycles. The van der Waals surface area contributed by atoms with E-state index in [2.05, 4.69) is 10.3 Å². The highest BCUT2D eigenvalue weighted by Crippen LogP contribution is 2.31. The molecule has 1 fully saturated rings. The lowest BCUT2D eigenvalue weighted by molar-refractivity contribution is -0.114. The standard InChI is InChI=1S/C10H15N3O4S2/c1-6-9(18-10(11-6)12-7(2)14)19(16,17)13-4-3-8(15)5-13/h8,15H,3-5H2,1-2H3,(H,11,12,14)/t8-/m0/s1. The predicted octanol–water partition coefficient (Wildman–Crippen LogP) is 0.165. The van der Waals surface area contributed by atoms with Crippen LogP contribution < -0.4 is 5.32 Å². The van der Waals surface area contributed by atoms with Crippen molar-refractivity contribution >= 4 is 32.4 Å². The zero-order chi connectivity index (χ0) is 14.2. The van der Waals surface area contributed by atoms with Gasteiger partial charge in [0.25, 0.3) is 10.0 Å². The number of aromatic nitrogens is 1. The Morgan fingerprint density at radius 2 is 2.26 bits per heavy atom. The van der Waals surface area contributed by atoms with Crippen LogP contribution in [0.25, 0.3) is 0 Å². The first-order chi connectivity index (χ1) is 8.80. The van der Waals surface area contributed by atoms with E-state index in [0.29, 0.717) is 18.7 Å². The van der Waals surface area contributed by atoms with Gasteiger partial charge in [-0.3, -0.25) is 4.79 Å². The fraction of sp³-hybridized carbons (Fsp3) is 0.600. The van der Waals surface area contributed by atoms with Crippen molar-refractivity contribution in [3.05, 3.63) is 5.69 Å². The summed E-state index contributed by atoms with van der Waals surface area (Å²) in [5.41, 5.74) is 0.357. The Bertz CT molecular complexity index is 596. The number of aliphatic hydroxyl groups is 1. The van der Waals surface area contributed by atoms with Gasteiger partial charge in [0.15, 0.2) is 9.34 Å². The first kappa shape index (κ1) is 14.4. The van der Waals surface area contributed by atoms with Crippen molar-refractivity contribution in [1.29, 1.82) is 0 Å². The summed E-state index contributed by atoms with van der Waals surface area (Å²) in [5, 5.41) is 12.2. The molecule has 1 atom stereocenters. The highest BCUT2D eigenvalue weighted by molar-refractivity contribution is 7.91. The lowest BCUT2D eigenvalue weighted by Gasteiger charge is -2.14. The number of sulfonamides is 1. The molecule has 2 N–H and O–H groups in total. The second-order valence-electron chi connectivity index (χ2n) is 4.38. The molecule has 0 saturated carbocycles. The van der Waals surface area contributed by atoms with Crippen LogP contribution in [0.2, 0.25) is 0 Å². The van der Waals surface area contributed by atoms with Crippen molar-refractivity contribution in [2.24, 2.45) is 0 Å². The van der Waals surface area contributed by atoms with Crippen molar-refractivity contribution in [2.75, 3.05) is 18.4 Å². The van der Waals surface area contributed by atoms with Gasteiger partial charge in [-0.15, -0.1) is 0 Å². The summed E-state index contributed by atoms with van der Waals surface area (Å²) < 4.78 is 26.1. The third-order valence-electron chi connectivity index (χ3n) is 2.74. The second kappa shape index (κ2) is 5.16. The molecule has 106 valence electrons. The minimum absolute atomic E-state index is 0.106. The molecule has 0 aliphatic carbocycles. The smallest absolute Gasteiger partial charge is 0.254 e. The number of aliphatic hydroxyl groups excluding tert-OH is 1. The molecule has 0 unspecified atom stereocenters. The van der Waals surface area contributed by atoms with Gasteiger partial charge in [0.2, 0.25) is 5.91 Å². The van der Waals surface area contributed by atoms with E-state index in [-0.39, 0.29) is 21.8 Å². The fourth-order valence-corrected chi connectivity index (χ4v) is 4.96. The Morgan fingerprint density at radius 3 is 2.79 bits per heavy atom. The van der Waals surface area contributed by atoms with Crippen LogP contribution in [0.1, 0.15) is 19.0 Å². The van der Waals surface area contributed by atoms with Crippen LogP contribution in [0, 0.1) is 6.92 Å². The Kier molecular flexibility index (Phi) is 3.90. The minimum Gasteiger partial charge on any atom is -0.392 e. The number of carbonyl (C=O) groups is 1. The maximum Gasteiger partial charge on any atom is 0.254 e. The zero-order valence-electron chi connectivity index (χ0n) is 10.6. The largest absolute Gasteiger partial charge is 0.392 e. The molecule has 0 spiro atoms. The van der Waals surface area contributed by atoms with E-state index in [4.69, 9.17) is 0 Å². The van der Waals surface area contributed by atoms with Crippen LogP contribution in [-0.4, -0.2) is 47.9 Å². The van der Waals surface area contributed by atoms with Gasteiger partial charge in [0, 0.05) is 20.0 Å². The van der Waals surface area contributed by atoms with Crippen LogP contribution >= 0.6 is 11.3 Å². The molecule has 9 heteroatoms. The summed E-state index contributed by atoms with van der Waals surface area (Å²) in [6, 6.07) is 0. The number of aryl methyl sites for hydroxylation is 1. The first-order valence-corrected chi connectivity index (χ1v) is 7.99. The third kappa shape index (κ3) is 2.94. The monoisotopic (exact) mass is 305 g/mol. The fourth-order valence-electron chi connectivity index (χ4n) is 1.87. The minimum atomic E-state index is -3.64. The quantitative estimate of drug-likeness (QED) is 0.829. The number of hydrogen-bond donors (Lipinski definition) is 2. The van der Waals surface area contributed by atoms with Crippen LogP contribution in [0.4, 0.5) is 5.13 Å². The molecule has 2 heterocycles. The van der Waals surface area contributed by atoms with Crippen molar-refractivity contribution in [3.8, 4) is 0 Å². The van der Waals surface area contributed by atoms with Gasteiger partial charge in [-0.1, -0.05) is 11.3 Å². The number of carbonyl (C=O) groups excluding carboxylic acids is 1. The molecule has 7 nitrogen and oxygen atoms in total. The summed E-state index contributed by atoms with van der Waals surface area (Å²) in [4.78, 5) is 15.0. The van der Waals surface area contributed by atoms with E-state index in [1.54, 1.807) is 6.92 Å². The summed E-state index contributed by atoms with van der Waals surface area (Å²) in [6.07, 6.45) is -0.173. The zero-order valence-corrected chi connectivity index (χ0v) is 12.2. The van der Waals surface area contributed by atoms with Gasteiger partial charge >= 0.3 is 0 Å². The molecule has 19 heavy (non-hydrogen) atoms. The molecule has 1 aromatic rings.